The number of aliphatic hydroxyl groups is 1. The average Bonchev–Trinajstić information content (AvgIpc) is 3.13. The first kappa shape index (κ1) is 36.3. The van der Waals surface area contributed by atoms with Crippen LogP contribution in [0.1, 0.15) is 60.7 Å². The monoisotopic (exact) mass is 681 g/mol. The van der Waals surface area contributed by atoms with Gasteiger partial charge in [-0.15, -0.1) is 0 Å². The standard InChI is InChI=1S/C39H47N5O6/c1-26-23-44(27(2)25-45)38(47)33-22-31(41-37(46)30-17-19-40-20-18-30)15-16-35(33)50-28(3)10-7-8-21-49-36(26)24-43(4)39(48)42-34-14-9-12-29-11-5-6-13-32(29)34/h5-6,9,11-20,22,26-28,36,45H,7-8,10,21,23-25H2,1-4H3,(H,41,46)(H,42,48)/t26-,27-,28-,36-/m0/s1. The second-order valence-electron chi connectivity index (χ2n) is 13.0. The summed E-state index contributed by atoms with van der Waals surface area (Å²) in [5.74, 6) is -0.500. The lowest BCUT2D eigenvalue weighted by Crippen LogP contribution is -2.48. The van der Waals surface area contributed by atoms with Gasteiger partial charge < -0.3 is 35.0 Å². The van der Waals surface area contributed by atoms with Gasteiger partial charge in [0.25, 0.3) is 11.8 Å². The molecule has 1 aliphatic heterocycles. The van der Waals surface area contributed by atoms with Gasteiger partial charge in [0, 0.05) is 61.7 Å². The number of benzene rings is 3. The summed E-state index contributed by atoms with van der Waals surface area (Å²) in [6.45, 7) is 6.49. The molecule has 0 unspecified atom stereocenters. The molecule has 0 aliphatic carbocycles. The minimum Gasteiger partial charge on any atom is -0.490 e. The number of anilines is 2. The molecule has 2 heterocycles. The predicted molar refractivity (Wildman–Crippen MR) is 195 cm³/mol. The second kappa shape index (κ2) is 17.1. The maximum Gasteiger partial charge on any atom is 0.321 e. The van der Waals surface area contributed by atoms with Gasteiger partial charge in [0.15, 0.2) is 0 Å². The van der Waals surface area contributed by atoms with E-state index < -0.39 is 12.1 Å². The first-order chi connectivity index (χ1) is 24.1. The van der Waals surface area contributed by atoms with Crippen LogP contribution in [0.2, 0.25) is 0 Å². The van der Waals surface area contributed by atoms with Crippen LogP contribution in [0, 0.1) is 5.92 Å². The lowest BCUT2D eigenvalue weighted by atomic mass is 10.0. The van der Waals surface area contributed by atoms with Crippen molar-refractivity contribution in [3.63, 3.8) is 0 Å². The molecule has 0 fully saturated rings. The number of carbonyl (C=O) groups is 3. The number of aliphatic hydroxyl groups excluding tert-OH is 1. The number of fused-ring (bicyclic) bond motifs is 2. The highest BCUT2D eigenvalue weighted by Crippen LogP contribution is 2.29. The number of urea groups is 1. The smallest absolute Gasteiger partial charge is 0.321 e. The molecule has 0 spiro atoms. The SMILES string of the molecule is C[C@H]1CCCCO[C@@H](CN(C)C(=O)Nc2cccc3ccccc23)[C@@H](C)CN([C@@H](C)CO)C(=O)c2cc(NC(=O)c3ccncc3)ccc2O1. The van der Waals surface area contributed by atoms with E-state index in [4.69, 9.17) is 9.47 Å². The van der Waals surface area contributed by atoms with Gasteiger partial charge >= 0.3 is 6.03 Å². The highest BCUT2D eigenvalue weighted by molar-refractivity contribution is 6.05. The fraction of sp³-hybridized carbons (Fsp3) is 0.385. The third-order valence-corrected chi connectivity index (χ3v) is 9.08. The van der Waals surface area contributed by atoms with Gasteiger partial charge in [0.05, 0.1) is 36.1 Å². The van der Waals surface area contributed by atoms with Crippen LogP contribution >= 0.6 is 0 Å². The molecule has 4 atom stereocenters. The summed E-state index contributed by atoms with van der Waals surface area (Å²) in [6.07, 6.45) is 4.87. The summed E-state index contributed by atoms with van der Waals surface area (Å²) in [6, 6.07) is 21.1. The Hall–Kier alpha value is -5.00. The third kappa shape index (κ3) is 9.16. The molecule has 0 saturated heterocycles. The van der Waals surface area contributed by atoms with Crippen LogP contribution in [0.5, 0.6) is 5.75 Å². The number of hydrogen-bond donors (Lipinski definition) is 3. The normalized spacial score (nSPS) is 19.4. The number of nitrogens with zero attached hydrogens (tertiary/aromatic N) is 3. The number of hydrogen-bond acceptors (Lipinski definition) is 7. The Morgan fingerprint density at radius 1 is 1.02 bits per heavy atom. The van der Waals surface area contributed by atoms with E-state index in [-0.39, 0.29) is 55.1 Å². The first-order valence-electron chi connectivity index (χ1n) is 17.2. The fourth-order valence-electron chi connectivity index (χ4n) is 6.07. The van der Waals surface area contributed by atoms with E-state index in [1.165, 1.54) is 0 Å². The van der Waals surface area contributed by atoms with Gasteiger partial charge in [-0.05, 0) is 74.9 Å². The summed E-state index contributed by atoms with van der Waals surface area (Å²) < 4.78 is 12.7. The molecule has 3 aromatic carbocycles. The molecule has 11 nitrogen and oxygen atoms in total. The highest BCUT2D eigenvalue weighted by atomic mass is 16.5. The Labute approximate surface area is 293 Å². The van der Waals surface area contributed by atoms with Gasteiger partial charge in [-0.3, -0.25) is 14.6 Å². The largest absolute Gasteiger partial charge is 0.490 e. The molecule has 264 valence electrons. The van der Waals surface area contributed by atoms with Crippen molar-refractivity contribution in [2.24, 2.45) is 5.92 Å². The average molecular weight is 682 g/mol. The van der Waals surface area contributed by atoms with E-state index in [2.05, 4.69) is 15.6 Å². The zero-order chi connectivity index (χ0) is 35.6. The minimum absolute atomic E-state index is 0.191. The molecular weight excluding hydrogens is 634 g/mol. The Balaban J connectivity index is 1.38. The maximum atomic E-state index is 14.4. The number of pyridine rings is 1. The summed E-state index contributed by atoms with van der Waals surface area (Å²) in [4.78, 5) is 48.0. The molecule has 1 aliphatic rings. The van der Waals surface area contributed by atoms with Crippen LogP contribution in [0.3, 0.4) is 0 Å². The van der Waals surface area contributed by atoms with E-state index in [1.807, 2.05) is 56.3 Å². The molecule has 4 aromatic rings. The number of rotatable bonds is 7. The Morgan fingerprint density at radius 2 is 1.78 bits per heavy atom. The summed E-state index contributed by atoms with van der Waals surface area (Å²) in [5, 5.41) is 18.2. The van der Waals surface area contributed by atoms with Gasteiger partial charge in [0.1, 0.15) is 5.75 Å². The minimum atomic E-state index is -0.536. The van der Waals surface area contributed by atoms with Gasteiger partial charge in [-0.1, -0.05) is 43.3 Å². The van der Waals surface area contributed by atoms with E-state index in [1.54, 1.807) is 66.5 Å². The third-order valence-electron chi connectivity index (χ3n) is 9.08. The first-order valence-corrected chi connectivity index (χ1v) is 17.2. The number of carbonyl (C=O) groups excluding carboxylic acids is 3. The number of ether oxygens (including phenoxy) is 2. The van der Waals surface area contributed by atoms with Crippen molar-refractivity contribution in [2.45, 2.75) is 58.3 Å². The number of likely N-dealkylation sites (N-methyl/N-ethyl adjacent to an activating group) is 1. The van der Waals surface area contributed by atoms with E-state index in [0.717, 1.165) is 35.7 Å². The molecule has 0 saturated carbocycles. The Kier molecular flexibility index (Phi) is 12.4. The Morgan fingerprint density at radius 3 is 2.56 bits per heavy atom. The molecule has 3 N–H and O–H groups in total. The van der Waals surface area contributed by atoms with Gasteiger partial charge in [-0.2, -0.15) is 0 Å². The summed E-state index contributed by atoms with van der Waals surface area (Å²) in [7, 11) is 1.73. The Bertz CT molecular complexity index is 1760. The lowest BCUT2D eigenvalue weighted by Gasteiger charge is -2.35. The number of amides is 4. The zero-order valence-electron chi connectivity index (χ0n) is 29.2. The van der Waals surface area contributed by atoms with Crippen LogP contribution in [-0.2, 0) is 4.74 Å². The molecule has 4 amide bonds. The fourth-order valence-corrected chi connectivity index (χ4v) is 6.07. The van der Waals surface area contributed by atoms with E-state index >= 15 is 0 Å². The van der Waals surface area contributed by atoms with E-state index in [0.29, 0.717) is 23.6 Å². The van der Waals surface area contributed by atoms with Crippen LogP contribution in [-0.4, -0.2) is 89.3 Å². The van der Waals surface area contributed by atoms with Crippen molar-refractivity contribution in [3.05, 3.63) is 96.3 Å². The number of aromatic nitrogens is 1. The molecule has 50 heavy (non-hydrogen) atoms. The molecule has 5 rings (SSSR count). The highest BCUT2D eigenvalue weighted by Gasteiger charge is 2.31. The lowest BCUT2D eigenvalue weighted by molar-refractivity contribution is -0.0115. The van der Waals surface area contributed by atoms with Crippen molar-refractivity contribution in [3.8, 4) is 5.75 Å². The topological polar surface area (TPSA) is 133 Å². The van der Waals surface area contributed by atoms with Gasteiger partial charge in [0.2, 0.25) is 0 Å². The summed E-state index contributed by atoms with van der Waals surface area (Å²) in [5.41, 5.74) is 1.86. The second-order valence-corrected chi connectivity index (χ2v) is 13.0. The van der Waals surface area contributed by atoms with Crippen molar-refractivity contribution in [1.82, 2.24) is 14.8 Å². The molecule has 11 heteroatoms. The molecule has 0 radical (unpaired) electrons. The van der Waals surface area contributed by atoms with Crippen LogP contribution in [0.4, 0.5) is 16.2 Å². The molecule has 0 bridgehead atoms. The van der Waals surface area contributed by atoms with Crippen molar-refractivity contribution in [1.29, 1.82) is 0 Å². The van der Waals surface area contributed by atoms with Crippen LogP contribution < -0.4 is 15.4 Å². The molecular formula is C39H47N5O6. The van der Waals surface area contributed by atoms with Crippen molar-refractivity contribution >= 4 is 40.0 Å². The molecule has 1 aromatic heterocycles. The van der Waals surface area contributed by atoms with Crippen LogP contribution in [0.25, 0.3) is 10.8 Å². The van der Waals surface area contributed by atoms with Crippen molar-refractivity contribution < 1.29 is 29.0 Å². The predicted octanol–water partition coefficient (Wildman–Crippen LogP) is 6.45. The van der Waals surface area contributed by atoms with E-state index in [9.17, 15) is 19.5 Å². The summed E-state index contributed by atoms with van der Waals surface area (Å²) >= 11 is 0. The van der Waals surface area contributed by atoms with Crippen LogP contribution in [0.15, 0.2) is 85.2 Å². The maximum absolute atomic E-state index is 14.4. The van der Waals surface area contributed by atoms with Crippen molar-refractivity contribution in [2.75, 3.05) is 44.0 Å². The quantitative estimate of drug-likeness (QED) is 0.204. The zero-order valence-corrected chi connectivity index (χ0v) is 29.2. The number of nitrogens with one attached hydrogen (secondary N) is 2. The van der Waals surface area contributed by atoms with Gasteiger partial charge in [-0.25, -0.2) is 4.79 Å².